The van der Waals surface area contributed by atoms with Crippen LogP contribution in [-0.2, 0) is 11.3 Å². The van der Waals surface area contributed by atoms with Crippen molar-refractivity contribution in [3.8, 4) is 17.0 Å². The first-order valence-corrected chi connectivity index (χ1v) is 14.1. The number of benzene rings is 2. The SMILES string of the molecule is COc1cccc(F)c1CN1C[C@H](NC(=O)c2ccc3[nH]nc(-c4ccncc4)c3c2)CCC1C(=O)N1CCCC1. The van der Waals surface area contributed by atoms with Gasteiger partial charge in [-0.2, -0.15) is 5.10 Å². The number of methoxy groups -OCH3 is 1. The molecule has 0 aliphatic carbocycles. The third-order valence-electron chi connectivity index (χ3n) is 8.16. The van der Waals surface area contributed by atoms with Gasteiger partial charge in [0.25, 0.3) is 5.91 Å². The van der Waals surface area contributed by atoms with E-state index in [0.717, 1.165) is 48.1 Å². The Morgan fingerprint density at radius 1 is 1.10 bits per heavy atom. The summed E-state index contributed by atoms with van der Waals surface area (Å²) in [6, 6.07) is 13.4. The van der Waals surface area contributed by atoms with Crippen molar-refractivity contribution in [1.29, 1.82) is 0 Å². The lowest BCUT2D eigenvalue weighted by Crippen LogP contribution is -2.56. The molecule has 10 heteroatoms. The predicted molar refractivity (Wildman–Crippen MR) is 153 cm³/mol. The number of piperidine rings is 1. The van der Waals surface area contributed by atoms with Crippen molar-refractivity contribution >= 4 is 22.7 Å². The molecule has 2 amide bonds. The van der Waals surface area contributed by atoms with Crippen LogP contribution >= 0.6 is 0 Å². The van der Waals surface area contributed by atoms with Gasteiger partial charge in [0.2, 0.25) is 5.91 Å². The Kier molecular flexibility index (Phi) is 7.65. The molecule has 2 aromatic carbocycles. The third kappa shape index (κ3) is 5.52. The van der Waals surface area contributed by atoms with Crippen molar-refractivity contribution < 1.29 is 18.7 Å². The highest BCUT2D eigenvalue weighted by Crippen LogP contribution is 2.30. The number of nitrogens with one attached hydrogen (secondary N) is 2. The maximum atomic E-state index is 14.9. The smallest absolute Gasteiger partial charge is 0.251 e. The molecule has 2 aliphatic rings. The van der Waals surface area contributed by atoms with Crippen LogP contribution in [0.1, 0.15) is 41.6 Å². The predicted octanol–water partition coefficient (Wildman–Crippen LogP) is 4.16. The van der Waals surface area contributed by atoms with Crippen LogP contribution in [0.5, 0.6) is 5.75 Å². The number of carbonyl (C=O) groups excluding carboxylic acids is 2. The highest BCUT2D eigenvalue weighted by atomic mass is 19.1. The summed E-state index contributed by atoms with van der Waals surface area (Å²) in [5, 5.41) is 11.5. The minimum Gasteiger partial charge on any atom is -0.496 e. The minimum atomic E-state index is -0.379. The van der Waals surface area contributed by atoms with Gasteiger partial charge < -0.3 is 15.0 Å². The number of carbonyl (C=O) groups is 2. The van der Waals surface area contributed by atoms with Gasteiger partial charge in [0.05, 0.1) is 18.7 Å². The number of amides is 2. The fourth-order valence-electron chi connectivity index (χ4n) is 6.00. The second kappa shape index (κ2) is 11.7. The molecule has 2 aliphatic heterocycles. The van der Waals surface area contributed by atoms with E-state index in [2.05, 4.69) is 20.5 Å². The fourth-order valence-corrected chi connectivity index (χ4v) is 6.00. The van der Waals surface area contributed by atoms with Crippen LogP contribution in [0.3, 0.4) is 0 Å². The molecule has 2 fully saturated rings. The van der Waals surface area contributed by atoms with Gasteiger partial charge >= 0.3 is 0 Å². The van der Waals surface area contributed by atoms with Crippen molar-refractivity contribution in [3.63, 3.8) is 0 Å². The molecule has 2 N–H and O–H groups in total. The number of likely N-dealkylation sites (tertiary alicyclic amines) is 2. The quantitative estimate of drug-likeness (QED) is 0.355. The standard InChI is InChI=1S/C31H33FN6O3/c1-41-28-6-4-5-25(32)24(28)19-38-18-22(8-10-27(38)31(40)37-15-2-3-16-37)34-30(39)21-7-9-26-23(17-21)29(36-35-26)20-11-13-33-14-12-20/h4-7,9,11-14,17,22,27H,2-3,8,10,15-16,18-19H2,1H3,(H,34,39)(H,35,36)/t22-,27?/m1/s1. The number of aromatic amines is 1. The number of aromatic nitrogens is 3. The van der Waals surface area contributed by atoms with E-state index in [9.17, 15) is 14.0 Å². The van der Waals surface area contributed by atoms with Crippen molar-refractivity contribution in [2.45, 2.75) is 44.3 Å². The normalized spacial score (nSPS) is 19.4. The van der Waals surface area contributed by atoms with Crippen molar-refractivity contribution in [2.75, 3.05) is 26.7 Å². The molecule has 2 aromatic heterocycles. The largest absolute Gasteiger partial charge is 0.496 e. The summed E-state index contributed by atoms with van der Waals surface area (Å²) in [7, 11) is 1.52. The number of H-pyrrole nitrogens is 1. The number of fused-ring (bicyclic) bond motifs is 1. The van der Waals surface area contributed by atoms with E-state index in [1.54, 1.807) is 30.6 Å². The highest BCUT2D eigenvalue weighted by Gasteiger charge is 2.37. The summed E-state index contributed by atoms with van der Waals surface area (Å²) >= 11 is 0. The summed E-state index contributed by atoms with van der Waals surface area (Å²) in [6.07, 6.45) is 6.64. The van der Waals surface area contributed by atoms with Gasteiger partial charge in [-0.15, -0.1) is 0 Å². The molecule has 0 saturated carbocycles. The Hall–Kier alpha value is -4.31. The average Bonchev–Trinajstić information content (AvgIpc) is 3.69. The van der Waals surface area contributed by atoms with Crippen LogP contribution in [0.2, 0.25) is 0 Å². The Morgan fingerprint density at radius 3 is 2.68 bits per heavy atom. The van der Waals surface area contributed by atoms with Gasteiger partial charge in [-0.05, 0) is 68.1 Å². The van der Waals surface area contributed by atoms with Gasteiger partial charge in [0.1, 0.15) is 17.3 Å². The highest BCUT2D eigenvalue weighted by molar-refractivity contribution is 6.01. The summed E-state index contributed by atoms with van der Waals surface area (Å²) in [6.45, 7) is 2.14. The van der Waals surface area contributed by atoms with Crippen LogP contribution in [0.15, 0.2) is 60.9 Å². The van der Waals surface area contributed by atoms with E-state index in [4.69, 9.17) is 4.74 Å². The molecule has 212 valence electrons. The number of pyridine rings is 1. The van der Waals surface area contributed by atoms with Crippen molar-refractivity contribution in [1.82, 2.24) is 30.3 Å². The average molecular weight is 557 g/mol. The number of nitrogens with zero attached hydrogens (tertiary/aromatic N) is 4. The molecule has 2 saturated heterocycles. The molecule has 2 atom stereocenters. The Morgan fingerprint density at radius 2 is 1.90 bits per heavy atom. The molecular formula is C31H33FN6O3. The lowest BCUT2D eigenvalue weighted by atomic mass is 9.95. The molecular weight excluding hydrogens is 523 g/mol. The Bertz CT molecular complexity index is 1550. The van der Waals surface area contributed by atoms with E-state index in [1.165, 1.54) is 13.2 Å². The van der Waals surface area contributed by atoms with E-state index in [-0.39, 0.29) is 36.3 Å². The number of halogens is 1. The van der Waals surface area contributed by atoms with Gasteiger partial charge in [-0.25, -0.2) is 4.39 Å². The number of ether oxygens (including phenoxy) is 1. The maximum absolute atomic E-state index is 14.9. The second-order valence-corrected chi connectivity index (χ2v) is 10.7. The topological polar surface area (TPSA) is 103 Å². The molecule has 41 heavy (non-hydrogen) atoms. The maximum Gasteiger partial charge on any atom is 0.251 e. The van der Waals surface area contributed by atoms with Gasteiger partial charge in [0, 0.05) is 66.7 Å². The molecule has 4 aromatic rings. The zero-order valence-electron chi connectivity index (χ0n) is 23.0. The van der Waals surface area contributed by atoms with Crippen LogP contribution < -0.4 is 10.1 Å². The van der Waals surface area contributed by atoms with Crippen molar-refractivity contribution in [2.24, 2.45) is 0 Å². The first-order valence-electron chi connectivity index (χ1n) is 14.1. The number of hydrogen-bond donors (Lipinski definition) is 2. The van der Waals surface area contributed by atoms with Crippen molar-refractivity contribution in [3.05, 3.63) is 77.9 Å². The summed E-state index contributed by atoms with van der Waals surface area (Å²) < 4.78 is 20.4. The third-order valence-corrected chi connectivity index (χ3v) is 8.16. The zero-order chi connectivity index (χ0) is 28.3. The van der Waals surface area contributed by atoms with Gasteiger partial charge in [-0.3, -0.25) is 24.6 Å². The summed E-state index contributed by atoms with van der Waals surface area (Å²) in [4.78, 5) is 34.9. The Labute approximate surface area is 237 Å². The van der Waals surface area contributed by atoms with Crippen LogP contribution in [0, 0.1) is 5.82 Å². The Balaban J connectivity index is 1.22. The van der Waals surface area contributed by atoms with Gasteiger partial charge in [0.15, 0.2) is 0 Å². The summed E-state index contributed by atoms with van der Waals surface area (Å²) in [5.74, 6) is -0.0496. The lowest BCUT2D eigenvalue weighted by molar-refractivity contribution is -0.137. The van der Waals surface area contributed by atoms with Crippen LogP contribution in [0.25, 0.3) is 22.2 Å². The monoisotopic (exact) mass is 556 g/mol. The lowest BCUT2D eigenvalue weighted by Gasteiger charge is -2.40. The molecule has 0 radical (unpaired) electrons. The van der Waals surface area contributed by atoms with Crippen LogP contribution in [-0.4, -0.2) is 75.6 Å². The summed E-state index contributed by atoms with van der Waals surface area (Å²) in [5.41, 5.74) is 3.42. The fraction of sp³-hybridized carbons (Fsp3) is 0.355. The first-order chi connectivity index (χ1) is 20.0. The molecule has 1 unspecified atom stereocenters. The van der Waals surface area contributed by atoms with Gasteiger partial charge in [-0.1, -0.05) is 6.07 Å². The second-order valence-electron chi connectivity index (χ2n) is 10.7. The van der Waals surface area contributed by atoms with Crippen LogP contribution in [0.4, 0.5) is 4.39 Å². The molecule has 4 heterocycles. The molecule has 9 nitrogen and oxygen atoms in total. The van der Waals surface area contributed by atoms with E-state index in [1.807, 2.05) is 34.1 Å². The molecule has 6 rings (SSSR count). The van der Waals surface area contributed by atoms with E-state index in [0.29, 0.717) is 36.3 Å². The number of rotatable bonds is 7. The van der Waals surface area contributed by atoms with E-state index < -0.39 is 0 Å². The minimum absolute atomic E-state index is 0.0802. The van der Waals surface area contributed by atoms with E-state index >= 15 is 0 Å². The molecule has 0 bridgehead atoms. The molecule has 0 spiro atoms. The first kappa shape index (κ1) is 26.9. The number of hydrogen-bond acceptors (Lipinski definition) is 6. The zero-order valence-corrected chi connectivity index (χ0v) is 23.0.